The number of aryl methyl sites for hydroxylation is 1. The molecule has 0 aliphatic carbocycles. The van der Waals surface area contributed by atoms with Gasteiger partial charge >= 0.3 is 5.97 Å². The summed E-state index contributed by atoms with van der Waals surface area (Å²) in [6.07, 6.45) is 0. The second kappa shape index (κ2) is 5.39. The van der Waals surface area contributed by atoms with Gasteiger partial charge in [0.2, 0.25) is 0 Å². The van der Waals surface area contributed by atoms with E-state index < -0.39 is 5.97 Å². The molecule has 0 radical (unpaired) electrons. The summed E-state index contributed by atoms with van der Waals surface area (Å²) in [4.78, 5) is 11.6. The topological polar surface area (TPSA) is 69.9 Å². The molecule has 2 aromatic rings. The van der Waals surface area contributed by atoms with Gasteiger partial charge in [-0.05, 0) is 29.8 Å². The van der Waals surface area contributed by atoms with E-state index in [1.165, 1.54) is 4.68 Å². The number of carbonyl (C=O) groups is 1. The van der Waals surface area contributed by atoms with Crippen molar-refractivity contribution in [2.45, 2.75) is 20.4 Å². The van der Waals surface area contributed by atoms with Gasteiger partial charge in [-0.25, -0.2) is 9.48 Å². The SMILES string of the molecule is CCOC(=O)c1nnnn1Cc1cccc(C)c1. The number of nitrogens with zero attached hydrogens (tertiary/aromatic N) is 4. The maximum atomic E-state index is 11.6. The number of tetrazole rings is 1. The summed E-state index contributed by atoms with van der Waals surface area (Å²) in [5.41, 5.74) is 2.19. The van der Waals surface area contributed by atoms with Crippen LogP contribution in [0.1, 0.15) is 28.7 Å². The fraction of sp³-hybridized carbons (Fsp3) is 0.333. The Kier molecular flexibility index (Phi) is 3.66. The van der Waals surface area contributed by atoms with E-state index in [-0.39, 0.29) is 5.82 Å². The van der Waals surface area contributed by atoms with Crippen molar-refractivity contribution < 1.29 is 9.53 Å². The fourth-order valence-corrected chi connectivity index (χ4v) is 1.64. The van der Waals surface area contributed by atoms with Gasteiger partial charge in [0.25, 0.3) is 5.82 Å². The van der Waals surface area contributed by atoms with Crippen molar-refractivity contribution >= 4 is 5.97 Å². The molecule has 94 valence electrons. The first-order valence-corrected chi connectivity index (χ1v) is 5.69. The summed E-state index contributed by atoms with van der Waals surface area (Å²) in [7, 11) is 0. The lowest BCUT2D eigenvalue weighted by Crippen LogP contribution is -2.15. The molecule has 1 aromatic carbocycles. The highest BCUT2D eigenvalue weighted by molar-refractivity contribution is 5.85. The highest BCUT2D eigenvalue weighted by Gasteiger charge is 2.16. The van der Waals surface area contributed by atoms with Crippen LogP contribution in [0.5, 0.6) is 0 Å². The zero-order valence-corrected chi connectivity index (χ0v) is 10.3. The zero-order valence-electron chi connectivity index (χ0n) is 10.3. The molecule has 0 aliphatic heterocycles. The summed E-state index contributed by atoms with van der Waals surface area (Å²) in [6, 6.07) is 7.95. The van der Waals surface area contributed by atoms with Crippen LogP contribution < -0.4 is 0 Å². The summed E-state index contributed by atoms with van der Waals surface area (Å²) in [5, 5.41) is 11.0. The average molecular weight is 246 g/mol. The third-order valence-corrected chi connectivity index (χ3v) is 2.40. The van der Waals surface area contributed by atoms with Crippen LogP contribution in [0, 0.1) is 6.92 Å². The predicted molar refractivity (Wildman–Crippen MR) is 64.1 cm³/mol. The molecular weight excluding hydrogens is 232 g/mol. The van der Waals surface area contributed by atoms with Gasteiger partial charge in [0, 0.05) is 0 Å². The smallest absolute Gasteiger partial charge is 0.378 e. The van der Waals surface area contributed by atoms with Crippen LogP contribution in [0.3, 0.4) is 0 Å². The van der Waals surface area contributed by atoms with Crippen LogP contribution in [0.25, 0.3) is 0 Å². The van der Waals surface area contributed by atoms with Crippen molar-refractivity contribution in [1.82, 2.24) is 20.2 Å². The normalized spacial score (nSPS) is 10.3. The highest BCUT2D eigenvalue weighted by atomic mass is 16.5. The fourth-order valence-electron chi connectivity index (χ4n) is 1.64. The first kappa shape index (κ1) is 12.2. The molecule has 1 aromatic heterocycles. The summed E-state index contributed by atoms with van der Waals surface area (Å²) >= 11 is 0. The predicted octanol–water partition coefficient (Wildman–Crippen LogP) is 1.21. The minimum absolute atomic E-state index is 0.123. The molecule has 1 heterocycles. The quantitative estimate of drug-likeness (QED) is 0.758. The number of hydrogen-bond donors (Lipinski definition) is 0. The Balaban J connectivity index is 2.20. The first-order valence-electron chi connectivity index (χ1n) is 5.69. The van der Waals surface area contributed by atoms with Crippen molar-refractivity contribution in [3.8, 4) is 0 Å². The van der Waals surface area contributed by atoms with E-state index in [0.29, 0.717) is 13.2 Å². The molecule has 2 rings (SSSR count). The molecule has 0 aliphatic rings. The van der Waals surface area contributed by atoms with E-state index >= 15 is 0 Å². The maximum absolute atomic E-state index is 11.6. The van der Waals surface area contributed by atoms with Crippen molar-refractivity contribution in [3.05, 3.63) is 41.2 Å². The lowest BCUT2D eigenvalue weighted by atomic mass is 10.1. The molecule has 0 bridgehead atoms. The van der Waals surface area contributed by atoms with Crippen molar-refractivity contribution in [2.75, 3.05) is 6.61 Å². The largest absolute Gasteiger partial charge is 0.460 e. The number of aromatic nitrogens is 4. The van der Waals surface area contributed by atoms with Gasteiger partial charge in [-0.15, -0.1) is 5.10 Å². The Bertz CT molecular complexity index is 551. The zero-order chi connectivity index (χ0) is 13.0. The van der Waals surface area contributed by atoms with E-state index in [4.69, 9.17) is 4.74 Å². The van der Waals surface area contributed by atoms with Crippen molar-refractivity contribution in [1.29, 1.82) is 0 Å². The third kappa shape index (κ3) is 2.71. The lowest BCUT2D eigenvalue weighted by Gasteiger charge is -2.05. The number of esters is 1. The maximum Gasteiger partial charge on any atom is 0.378 e. The van der Waals surface area contributed by atoms with Crippen LogP contribution >= 0.6 is 0 Å². The molecule has 6 heteroatoms. The van der Waals surface area contributed by atoms with Gasteiger partial charge in [0.1, 0.15) is 0 Å². The first-order chi connectivity index (χ1) is 8.70. The molecule has 0 unspecified atom stereocenters. The van der Waals surface area contributed by atoms with E-state index in [9.17, 15) is 4.79 Å². The van der Waals surface area contributed by atoms with E-state index in [1.54, 1.807) is 6.92 Å². The highest BCUT2D eigenvalue weighted by Crippen LogP contribution is 2.07. The molecule has 0 saturated heterocycles. The number of ether oxygens (including phenoxy) is 1. The summed E-state index contributed by atoms with van der Waals surface area (Å²) < 4.78 is 6.32. The van der Waals surface area contributed by atoms with E-state index in [0.717, 1.165) is 11.1 Å². The van der Waals surface area contributed by atoms with Crippen LogP contribution in [-0.2, 0) is 11.3 Å². The van der Waals surface area contributed by atoms with E-state index in [1.807, 2.05) is 31.2 Å². The second-order valence-corrected chi connectivity index (χ2v) is 3.87. The van der Waals surface area contributed by atoms with Crippen molar-refractivity contribution in [2.24, 2.45) is 0 Å². The number of carbonyl (C=O) groups excluding carboxylic acids is 1. The van der Waals surface area contributed by atoms with Gasteiger partial charge in [-0.2, -0.15) is 0 Å². The number of hydrogen-bond acceptors (Lipinski definition) is 5. The standard InChI is InChI=1S/C12H14N4O2/c1-3-18-12(17)11-13-14-15-16(11)8-10-6-4-5-9(2)7-10/h4-7H,3,8H2,1-2H3. The second-order valence-electron chi connectivity index (χ2n) is 3.87. The van der Waals surface area contributed by atoms with E-state index in [2.05, 4.69) is 15.5 Å². The Hall–Kier alpha value is -2.24. The Morgan fingerprint density at radius 3 is 3.00 bits per heavy atom. The van der Waals surface area contributed by atoms with Gasteiger partial charge < -0.3 is 4.74 Å². The molecule has 0 fully saturated rings. The summed E-state index contributed by atoms with van der Waals surface area (Å²) in [6.45, 7) is 4.50. The Morgan fingerprint density at radius 2 is 2.28 bits per heavy atom. The number of benzene rings is 1. The Labute approximate surface area is 105 Å². The van der Waals surface area contributed by atoms with Crippen LogP contribution in [-0.4, -0.2) is 32.8 Å². The van der Waals surface area contributed by atoms with Crippen LogP contribution in [0.4, 0.5) is 0 Å². The van der Waals surface area contributed by atoms with Crippen LogP contribution in [0.2, 0.25) is 0 Å². The minimum atomic E-state index is -0.504. The molecule has 0 N–H and O–H groups in total. The molecule has 0 amide bonds. The Morgan fingerprint density at radius 1 is 1.44 bits per heavy atom. The van der Waals surface area contributed by atoms with Gasteiger partial charge in [0.05, 0.1) is 13.2 Å². The van der Waals surface area contributed by atoms with Crippen LogP contribution in [0.15, 0.2) is 24.3 Å². The number of rotatable bonds is 4. The summed E-state index contributed by atoms with van der Waals surface area (Å²) in [5.74, 6) is -0.381. The van der Waals surface area contributed by atoms with Gasteiger partial charge in [-0.1, -0.05) is 29.8 Å². The molecule has 18 heavy (non-hydrogen) atoms. The minimum Gasteiger partial charge on any atom is -0.460 e. The monoisotopic (exact) mass is 246 g/mol. The van der Waals surface area contributed by atoms with Gasteiger partial charge in [0.15, 0.2) is 0 Å². The lowest BCUT2D eigenvalue weighted by molar-refractivity contribution is 0.0505. The van der Waals surface area contributed by atoms with Gasteiger partial charge in [-0.3, -0.25) is 0 Å². The molecular formula is C12H14N4O2. The molecule has 6 nitrogen and oxygen atoms in total. The molecule has 0 atom stereocenters. The van der Waals surface area contributed by atoms with Crippen molar-refractivity contribution in [3.63, 3.8) is 0 Å². The third-order valence-electron chi connectivity index (χ3n) is 2.40. The molecule has 0 saturated carbocycles. The average Bonchev–Trinajstić information content (AvgIpc) is 2.77. The molecule has 0 spiro atoms.